The average Bonchev–Trinajstić information content (AvgIpc) is 2.91. The maximum Gasteiger partial charge on any atom is 0.264 e. The van der Waals surface area contributed by atoms with E-state index >= 15 is 0 Å². The van der Waals surface area contributed by atoms with Crippen molar-refractivity contribution in [2.75, 3.05) is 10.8 Å². The molecule has 3 aromatic carbocycles. The lowest BCUT2D eigenvalue weighted by Crippen LogP contribution is -2.52. The molecule has 0 radical (unpaired) electrons. The van der Waals surface area contributed by atoms with E-state index in [0.717, 1.165) is 27.4 Å². The van der Waals surface area contributed by atoms with Crippen molar-refractivity contribution in [2.24, 2.45) is 0 Å². The summed E-state index contributed by atoms with van der Waals surface area (Å²) in [6.45, 7) is 8.92. The molecule has 0 unspecified atom stereocenters. The Balaban J connectivity index is 2.04. The number of aryl methyl sites for hydroxylation is 2. The van der Waals surface area contributed by atoms with Crippen LogP contribution in [0.5, 0.6) is 0 Å². The molecule has 0 bridgehead atoms. The van der Waals surface area contributed by atoms with Crippen LogP contribution < -0.4 is 9.62 Å². The van der Waals surface area contributed by atoms with Crippen molar-refractivity contribution >= 4 is 39.1 Å². The number of hydrogen-bond donors (Lipinski definition) is 1. The van der Waals surface area contributed by atoms with E-state index < -0.39 is 28.5 Å². The molecule has 9 heteroatoms. The zero-order chi connectivity index (χ0) is 28.7. The molecule has 39 heavy (non-hydrogen) atoms. The van der Waals surface area contributed by atoms with Crippen LogP contribution in [0.1, 0.15) is 43.9 Å². The number of nitrogens with one attached hydrogen (secondary N) is 1. The monoisotopic (exact) mass is 569 g/mol. The lowest BCUT2D eigenvalue weighted by atomic mass is 10.1. The van der Waals surface area contributed by atoms with Gasteiger partial charge in [-0.15, -0.1) is 0 Å². The molecular weight excluding hydrogens is 534 g/mol. The van der Waals surface area contributed by atoms with E-state index in [1.54, 1.807) is 55.5 Å². The standard InChI is InChI=1S/C30H36ClN3O4S/c1-6-23(4)32-30(36)24(5)33(19-25-11-10-12-26(31)18-25)29(35)20-34(27-16-15-21(2)22(3)17-27)39(37,38)28-13-8-7-9-14-28/h7-18,23-24H,6,19-20H2,1-5H3,(H,32,36)/t23-,24+/m0/s1. The van der Waals surface area contributed by atoms with Gasteiger partial charge in [0.05, 0.1) is 10.6 Å². The first kappa shape index (κ1) is 30.2. The molecule has 0 fully saturated rings. The topological polar surface area (TPSA) is 86.8 Å². The number of carbonyl (C=O) groups is 2. The van der Waals surface area contributed by atoms with Gasteiger partial charge in [0, 0.05) is 17.6 Å². The summed E-state index contributed by atoms with van der Waals surface area (Å²) in [4.78, 5) is 28.5. The van der Waals surface area contributed by atoms with Crippen molar-refractivity contribution in [2.45, 2.75) is 64.6 Å². The predicted octanol–water partition coefficient (Wildman–Crippen LogP) is 5.48. The Morgan fingerprint density at radius 1 is 0.923 bits per heavy atom. The highest BCUT2D eigenvalue weighted by Crippen LogP contribution is 2.26. The summed E-state index contributed by atoms with van der Waals surface area (Å²) in [7, 11) is -4.10. The van der Waals surface area contributed by atoms with Crippen molar-refractivity contribution in [3.63, 3.8) is 0 Å². The molecule has 0 aliphatic rings. The molecule has 208 valence electrons. The SMILES string of the molecule is CC[C@H](C)NC(=O)[C@@H](C)N(Cc1cccc(Cl)c1)C(=O)CN(c1ccc(C)c(C)c1)S(=O)(=O)c1ccccc1. The Morgan fingerprint density at radius 2 is 1.62 bits per heavy atom. The smallest absolute Gasteiger partial charge is 0.264 e. The van der Waals surface area contributed by atoms with Crippen LogP contribution in [0.15, 0.2) is 77.7 Å². The normalized spacial score (nSPS) is 12.9. The maximum atomic E-state index is 14.0. The van der Waals surface area contributed by atoms with E-state index in [-0.39, 0.29) is 23.4 Å². The van der Waals surface area contributed by atoms with Crippen LogP contribution in [0.25, 0.3) is 0 Å². The fourth-order valence-electron chi connectivity index (χ4n) is 4.01. The van der Waals surface area contributed by atoms with Crippen molar-refractivity contribution in [1.82, 2.24) is 10.2 Å². The van der Waals surface area contributed by atoms with Gasteiger partial charge < -0.3 is 10.2 Å². The van der Waals surface area contributed by atoms with Crippen LogP contribution in [0.2, 0.25) is 5.02 Å². The third-order valence-electron chi connectivity index (χ3n) is 6.80. The highest BCUT2D eigenvalue weighted by atomic mass is 35.5. The van der Waals surface area contributed by atoms with Gasteiger partial charge in [0.25, 0.3) is 10.0 Å². The van der Waals surface area contributed by atoms with Crippen molar-refractivity contribution < 1.29 is 18.0 Å². The van der Waals surface area contributed by atoms with Crippen LogP contribution in [-0.2, 0) is 26.2 Å². The molecule has 3 aromatic rings. The average molecular weight is 570 g/mol. The van der Waals surface area contributed by atoms with Gasteiger partial charge >= 0.3 is 0 Å². The molecule has 0 aromatic heterocycles. The van der Waals surface area contributed by atoms with E-state index in [9.17, 15) is 18.0 Å². The molecule has 0 spiro atoms. The molecule has 2 amide bonds. The number of sulfonamides is 1. The molecule has 7 nitrogen and oxygen atoms in total. The molecule has 3 rings (SSSR count). The first-order valence-corrected chi connectivity index (χ1v) is 14.7. The number of carbonyl (C=O) groups excluding carboxylic acids is 2. The lowest BCUT2D eigenvalue weighted by Gasteiger charge is -2.32. The molecule has 0 saturated carbocycles. The van der Waals surface area contributed by atoms with Gasteiger partial charge in [0.15, 0.2) is 0 Å². The number of hydrogen-bond acceptors (Lipinski definition) is 4. The molecular formula is C30H36ClN3O4S. The summed E-state index contributed by atoms with van der Waals surface area (Å²) in [6.07, 6.45) is 0.733. The quantitative estimate of drug-likeness (QED) is 0.331. The number of rotatable bonds is 11. The maximum absolute atomic E-state index is 14.0. The van der Waals surface area contributed by atoms with Crippen molar-refractivity contribution in [3.05, 3.63) is 94.5 Å². The van der Waals surface area contributed by atoms with Gasteiger partial charge in [0.2, 0.25) is 11.8 Å². The molecule has 0 aliphatic carbocycles. The number of amides is 2. The summed E-state index contributed by atoms with van der Waals surface area (Å²) in [5.74, 6) is -0.831. The second-order valence-electron chi connectivity index (χ2n) is 9.74. The second kappa shape index (κ2) is 13.1. The van der Waals surface area contributed by atoms with Gasteiger partial charge in [-0.25, -0.2) is 8.42 Å². The zero-order valence-corrected chi connectivity index (χ0v) is 24.6. The van der Waals surface area contributed by atoms with Gasteiger partial charge in [0.1, 0.15) is 12.6 Å². The summed E-state index contributed by atoms with van der Waals surface area (Å²) < 4.78 is 28.8. The molecule has 2 atom stereocenters. The van der Waals surface area contributed by atoms with E-state index in [1.165, 1.54) is 17.0 Å². The van der Waals surface area contributed by atoms with Crippen LogP contribution in [0.4, 0.5) is 5.69 Å². The largest absolute Gasteiger partial charge is 0.352 e. The zero-order valence-electron chi connectivity index (χ0n) is 23.0. The van der Waals surface area contributed by atoms with E-state index in [1.807, 2.05) is 39.8 Å². The summed E-state index contributed by atoms with van der Waals surface area (Å²) >= 11 is 6.19. The van der Waals surface area contributed by atoms with Gasteiger partial charge in [-0.1, -0.05) is 54.9 Å². The number of benzene rings is 3. The van der Waals surface area contributed by atoms with Crippen LogP contribution in [0, 0.1) is 13.8 Å². The molecule has 0 saturated heterocycles. The van der Waals surface area contributed by atoms with Crippen LogP contribution in [-0.4, -0.2) is 43.8 Å². The molecule has 1 N–H and O–H groups in total. The predicted molar refractivity (Wildman–Crippen MR) is 156 cm³/mol. The fraction of sp³-hybridized carbons (Fsp3) is 0.333. The highest BCUT2D eigenvalue weighted by Gasteiger charge is 2.32. The first-order valence-electron chi connectivity index (χ1n) is 12.9. The van der Waals surface area contributed by atoms with E-state index in [4.69, 9.17) is 11.6 Å². The van der Waals surface area contributed by atoms with Crippen LogP contribution in [0.3, 0.4) is 0 Å². The molecule has 0 heterocycles. The second-order valence-corrected chi connectivity index (χ2v) is 12.0. The third-order valence-corrected chi connectivity index (χ3v) is 8.82. The summed E-state index contributed by atoms with van der Waals surface area (Å²) in [5, 5.41) is 3.43. The Hall–Kier alpha value is -3.36. The van der Waals surface area contributed by atoms with Crippen molar-refractivity contribution in [1.29, 1.82) is 0 Å². The number of nitrogens with zero attached hydrogens (tertiary/aromatic N) is 2. The Kier molecular flexibility index (Phi) is 10.2. The van der Waals surface area contributed by atoms with Crippen LogP contribution >= 0.6 is 11.6 Å². The first-order chi connectivity index (χ1) is 18.4. The van der Waals surface area contributed by atoms with E-state index in [0.29, 0.717) is 10.7 Å². The minimum absolute atomic E-state index is 0.0694. The minimum Gasteiger partial charge on any atom is -0.352 e. The van der Waals surface area contributed by atoms with Gasteiger partial charge in [-0.3, -0.25) is 13.9 Å². The number of anilines is 1. The minimum atomic E-state index is -4.10. The third kappa shape index (κ3) is 7.61. The Labute approximate surface area is 236 Å². The lowest BCUT2D eigenvalue weighted by molar-refractivity contribution is -0.139. The highest BCUT2D eigenvalue weighted by molar-refractivity contribution is 7.92. The van der Waals surface area contributed by atoms with Crippen molar-refractivity contribution in [3.8, 4) is 0 Å². The molecule has 0 aliphatic heterocycles. The summed E-state index contributed by atoms with van der Waals surface area (Å²) in [6, 6.07) is 19.4. The van der Waals surface area contributed by atoms with E-state index in [2.05, 4.69) is 5.32 Å². The van der Waals surface area contributed by atoms with Gasteiger partial charge in [-0.2, -0.15) is 0 Å². The fourth-order valence-corrected chi connectivity index (χ4v) is 5.65. The Bertz CT molecular complexity index is 1410. The Morgan fingerprint density at radius 3 is 2.23 bits per heavy atom. The van der Waals surface area contributed by atoms with Gasteiger partial charge in [-0.05, 0) is 87.2 Å². The number of halogens is 1. The summed E-state index contributed by atoms with van der Waals surface area (Å²) in [5.41, 5.74) is 2.99.